The molecule has 0 aliphatic rings. The molecule has 2 aromatic rings. The van der Waals surface area contributed by atoms with Crippen LogP contribution in [0.2, 0.25) is 0 Å². The molecule has 1 aromatic carbocycles. The highest BCUT2D eigenvalue weighted by Gasteiger charge is 2.09. The maximum absolute atomic E-state index is 5.80. The van der Waals surface area contributed by atoms with E-state index in [1.165, 1.54) is 11.1 Å². The monoisotopic (exact) mass is 243 g/mol. The fraction of sp³-hybridized carbons (Fsp3) is 0.286. The van der Waals surface area contributed by atoms with Gasteiger partial charge in [-0.3, -0.25) is 0 Å². The highest BCUT2D eigenvalue weighted by Crippen LogP contribution is 2.26. The summed E-state index contributed by atoms with van der Waals surface area (Å²) in [6.45, 7) is 7.76. The molecule has 1 heterocycles. The lowest BCUT2D eigenvalue weighted by atomic mass is 10.1. The van der Waals surface area contributed by atoms with E-state index in [9.17, 15) is 0 Å². The van der Waals surface area contributed by atoms with Gasteiger partial charge in [0.25, 0.3) is 0 Å². The van der Waals surface area contributed by atoms with Crippen molar-refractivity contribution < 1.29 is 4.74 Å². The van der Waals surface area contributed by atoms with Crippen LogP contribution in [0.5, 0.6) is 11.6 Å². The number of anilines is 1. The van der Waals surface area contributed by atoms with E-state index in [1.807, 2.05) is 25.1 Å². The molecule has 0 spiro atoms. The first-order valence-electron chi connectivity index (χ1n) is 5.83. The minimum atomic E-state index is 0.460. The molecule has 18 heavy (non-hydrogen) atoms. The molecular weight excluding hydrogens is 226 g/mol. The number of ether oxygens (including phenoxy) is 1. The van der Waals surface area contributed by atoms with Gasteiger partial charge >= 0.3 is 0 Å². The van der Waals surface area contributed by atoms with Crippen molar-refractivity contribution in [3.05, 3.63) is 40.7 Å². The average Bonchev–Trinajstić information content (AvgIpc) is 2.30. The van der Waals surface area contributed by atoms with Crippen molar-refractivity contribution in [3.8, 4) is 11.6 Å². The first-order valence-corrected chi connectivity index (χ1v) is 5.83. The molecule has 4 nitrogen and oxygen atoms in total. The molecule has 4 heteroatoms. The number of nitrogens with two attached hydrogens (primary N) is 1. The minimum Gasteiger partial charge on any atom is -0.439 e. The van der Waals surface area contributed by atoms with Gasteiger partial charge in [-0.05, 0) is 51.0 Å². The van der Waals surface area contributed by atoms with Crippen LogP contribution in [-0.2, 0) is 0 Å². The van der Waals surface area contributed by atoms with Gasteiger partial charge in [0.15, 0.2) is 0 Å². The quantitative estimate of drug-likeness (QED) is 0.880. The Balaban J connectivity index is 2.36. The second-order valence-electron chi connectivity index (χ2n) is 4.43. The third-order valence-corrected chi connectivity index (χ3v) is 2.94. The fourth-order valence-electron chi connectivity index (χ4n) is 1.61. The predicted molar refractivity (Wildman–Crippen MR) is 71.9 cm³/mol. The van der Waals surface area contributed by atoms with Crippen LogP contribution in [0.15, 0.2) is 18.2 Å². The summed E-state index contributed by atoms with van der Waals surface area (Å²) in [5, 5.41) is 0. The lowest BCUT2D eigenvalue weighted by molar-refractivity contribution is 0.455. The first kappa shape index (κ1) is 12.4. The molecule has 0 unspecified atom stereocenters. The molecule has 94 valence electrons. The molecule has 2 rings (SSSR count). The van der Waals surface area contributed by atoms with E-state index >= 15 is 0 Å². The highest BCUT2D eigenvalue weighted by molar-refractivity contribution is 5.46. The predicted octanol–water partition coefficient (Wildman–Crippen LogP) is 3.08. The van der Waals surface area contributed by atoms with Crippen molar-refractivity contribution in [2.75, 3.05) is 5.73 Å². The summed E-state index contributed by atoms with van der Waals surface area (Å²) in [5.41, 5.74) is 8.98. The molecule has 0 fully saturated rings. The van der Waals surface area contributed by atoms with Gasteiger partial charge in [-0.1, -0.05) is 6.07 Å². The third kappa shape index (κ3) is 2.42. The summed E-state index contributed by atoms with van der Waals surface area (Å²) in [4.78, 5) is 8.36. The summed E-state index contributed by atoms with van der Waals surface area (Å²) in [6.07, 6.45) is 0. The fourth-order valence-corrected chi connectivity index (χ4v) is 1.61. The van der Waals surface area contributed by atoms with Crippen molar-refractivity contribution in [3.63, 3.8) is 0 Å². The third-order valence-electron chi connectivity index (χ3n) is 2.94. The van der Waals surface area contributed by atoms with Gasteiger partial charge in [0.2, 0.25) is 5.88 Å². The van der Waals surface area contributed by atoms with Crippen molar-refractivity contribution in [2.24, 2.45) is 0 Å². The Bertz CT molecular complexity index is 594. The van der Waals surface area contributed by atoms with Crippen LogP contribution in [0.3, 0.4) is 0 Å². The summed E-state index contributed by atoms with van der Waals surface area (Å²) in [5.74, 6) is 2.35. The molecule has 1 aromatic heterocycles. The summed E-state index contributed by atoms with van der Waals surface area (Å²) in [7, 11) is 0. The van der Waals surface area contributed by atoms with E-state index < -0.39 is 0 Å². The van der Waals surface area contributed by atoms with Gasteiger partial charge in [-0.25, -0.2) is 4.98 Å². The van der Waals surface area contributed by atoms with E-state index in [0.717, 1.165) is 11.3 Å². The Kier molecular flexibility index (Phi) is 3.19. The van der Waals surface area contributed by atoms with Crippen LogP contribution in [-0.4, -0.2) is 9.97 Å². The zero-order valence-corrected chi connectivity index (χ0v) is 11.1. The van der Waals surface area contributed by atoms with Crippen LogP contribution in [0.25, 0.3) is 0 Å². The van der Waals surface area contributed by atoms with Crippen molar-refractivity contribution in [2.45, 2.75) is 27.7 Å². The smallest absolute Gasteiger partial charge is 0.227 e. The van der Waals surface area contributed by atoms with E-state index in [0.29, 0.717) is 17.5 Å². The Morgan fingerprint density at radius 1 is 1.00 bits per heavy atom. The maximum Gasteiger partial charge on any atom is 0.227 e. The van der Waals surface area contributed by atoms with Gasteiger partial charge < -0.3 is 10.5 Å². The summed E-state index contributed by atoms with van der Waals surface area (Å²) in [6, 6.07) is 5.94. The van der Waals surface area contributed by atoms with Crippen molar-refractivity contribution in [1.29, 1.82) is 0 Å². The molecule has 0 radical (unpaired) electrons. The molecule has 0 amide bonds. The molecule has 0 saturated carbocycles. The standard InChI is InChI=1S/C14H17N3O/c1-8-5-6-12(7-9(8)2)18-14-10(3)13(15)16-11(4)17-14/h5-7H,1-4H3,(H2,15,16,17). The van der Waals surface area contributed by atoms with E-state index in [4.69, 9.17) is 10.5 Å². The zero-order valence-electron chi connectivity index (χ0n) is 11.1. The minimum absolute atomic E-state index is 0.460. The van der Waals surface area contributed by atoms with Gasteiger partial charge in [0.05, 0.1) is 5.56 Å². The van der Waals surface area contributed by atoms with Crippen molar-refractivity contribution >= 4 is 5.82 Å². The number of aryl methyl sites for hydroxylation is 3. The van der Waals surface area contributed by atoms with Gasteiger partial charge in [-0.15, -0.1) is 0 Å². The largest absolute Gasteiger partial charge is 0.439 e. The molecular formula is C14H17N3O. The Morgan fingerprint density at radius 3 is 2.39 bits per heavy atom. The Labute approximate surface area is 107 Å². The number of benzene rings is 1. The number of hydrogen-bond donors (Lipinski definition) is 1. The average molecular weight is 243 g/mol. The molecule has 2 N–H and O–H groups in total. The molecule has 0 atom stereocenters. The molecule has 0 aliphatic heterocycles. The summed E-state index contributed by atoms with van der Waals surface area (Å²) >= 11 is 0. The number of nitrogens with zero attached hydrogens (tertiary/aromatic N) is 2. The number of nitrogen functional groups attached to an aromatic ring is 1. The topological polar surface area (TPSA) is 61.0 Å². The van der Waals surface area contributed by atoms with Crippen LogP contribution >= 0.6 is 0 Å². The van der Waals surface area contributed by atoms with Crippen LogP contribution in [0, 0.1) is 27.7 Å². The maximum atomic E-state index is 5.80. The Hall–Kier alpha value is -2.10. The lowest BCUT2D eigenvalue weighted by Crippen LogP contribution is -2.02. The van der Waals surface area contributed by atoms with Crippen molar-refractivity contribution in [1.82, 2.24) is 9.97 Å². The van der Waals surface area contributed by atoms with Crippen LogP contribution in [0.4, 0.5) is 5.82 Å². The van der Waals surface area contributed by atoms with Gasteiger partial charge in [0.1, 0.15) is 17.4 Å². The lowest BCUT2D eigenvalue weighted by Gasteiger charge is -2.11. The zero-order chi connectivity index (χ0) is 13.3. The normalized spacial score (nSPS) is 10.4. The highest BCUT2D eigenvalue weighted by atomic mass is 16.5. The first-order chi connectivity index (χ1) is 8.47. The number of aromatic nitrogens is 2. The van der Waals surface area contributed by atoms with Crippen LogP contribution in [0.1, 0.15) is 22.5 Å². The Morgan fingerprint density at radius 2 is 1.72 bits per heavy atom. The molecule has 0 bridgehead atoms. The second kappa shape index (κ2) is 4.64. The van der Waals surface area contributed by atoms with E-state index in [2.05, 4.69) is 23.8 Å². The second-order valence-corrected chi connectivity index (χ2v) is 4.43. The summed E-state index contributed by atoms with van der Waals surface area (Å²) < 4.78 is 5.78. The molecule has 0 saturated heterocycles. The van der Waals surface area contributed by atoms with Gasteiger partial charge in [-0.2, -0.15) is 4.98 Å². The number of hydrogen-bond acceptors (Lipinski definition) is 4. The SMILES string of the molecule is Cc1nc(N)c(C)c(Oc2ccc(C)c(C)c2)n1. The van der Waals surface area contributed by atoms with Gasteiger partial charge in [0, 0.05) is 0 Å². The number of rotatable bonds is 2. The van der Waals surface area contributed by atoms with E-state index in [-0.39, 0.29) is 0 Å². The van der Waals surface area contributed by atoms with E-state index in [1.54, 1.807) is 6.92 Å². The molecule has 0 aliphatic carbocycles. The van der Waals surface area contributed by atoms with Crippen LogP contribution < -0.4 is 10.5 Å².